The number of nitrogens with one attached hydrogen (secondary N) is 5. The van der Waals surface area contributed by atoms with Gasteiger partial charge in [0, 0.05) is 47.3 Å². The molecule has 0 saturated heterocycles. The summed E-state index contributed by atoms with van der Waals surface area (Å²) in [4.78, 5) is 100. The van der Waals surface area contributed by atoms with Crippen molar-refractivity contribution in [3.8, 4) is 17.2 Å². The first kappa shape index (κ1) is 49.2. The maximum absolute atomic E-state index is 13.5. The molecule has 0 heterocycles. The summed E-state index contributed by atoms with van der Waals surface area (Å²) in [5.41, 5.74) is 0.0958. The van der Waals surface area contributed by atoms with Crippen molar-refractivity contribution in [1.82, 2.24) is 5.32 Å². The lowest BCUT2D eigenvalue weighted by Crippen LogP contribution is -2.54. The van der Waals surface area contributed by atoms with E-state index < -0.39 is 70.4 Å². The highest BCUT2D eigenvalue weighted by molar-refractivity contribution is 6.10. The van der Waals surface area contributed by atoms with Gasteiger partial charge in [-0.25, -0.2) is 9.59 Å². The Hall–Kier alpha value is -8.85. The lowest BCUT2D eigenvalue weighted by Gasteiger charge is -2.23. The minimum atomic E-state index is -1.85. The van der Waals surface area contributed by atoms with Gasteiger partial charge in [0.1, 0.15) is 11.8 Å². The summed E-state index contributed by atoms with van der Waals surface area (Å²) in [6, 6.07) is 20.2. The summed E-state index contributed by atoms with van der Waals surface area (Å²) >= 11 is 0. The molecule has 0 radical (unpaired) electrons. The van der Waals surface area contributed by atoms with Gasteiger partial charge in [0.25, 0.3) is 29.3 Å². The van der Waals surface area contributed by atoms with Gasteiger partial charge in [-0.15, -0.1) is 0 Å². The number of hydrogen-bond donors (Lipinski definition) is 8. The van der Waals surface area contributed by atoms with Crippen molar-refractivity contribution >= 4 is 69.9 Å². The zero-order valence-electron chi connectivity index (χ0n) is 36.3. The van der Waals surface area contributed by atoms with E-state index in [1.807, 2.05) is 0 Å². The van der Waals surface area contributed by atoms with Gasteiger partial charge in [0.15, 0.2) is 17.6 Å². The molecule has 5 amide bonds. The number of phenols is 1. The Morgan fingerprint density at radius 2 is 1.09 bits per heavy atom. The normalized spacial score (nSPS) is 11.7. The smallest absolute Gasteiger partial charge is 0.335 e. The third-order valence-corrected chi connectivity index (χ3v) is 9.35. The molecule has 0 spiro atoms. The van der Waals surface area contributed by atoms with Gasteiger partial charge in [0.2, 0.25) is 5.91 Å². The number of nitro groups is 1. The number of benzene rings is 5. The largest absolute Gasteiger partial charge is 0.504 e. The maximum Gasteiger partial charge on any atom is 0.335 e. The zero-order chi connectivity index (χ0) is 49.1. The van der Waals surface area contributed by atoms with E-state index in [-0.39, 0.29) is 73.9 Å². The Labute approximate surface area is 381 Å². The number of ether oxygens (including phenoxy) is 3. The molecule has 21 nitrogen and oxygen atoms in total. The highest BCUT2D eigenvalue weighted by Crippen LogP contribution is 2.39. The summed E-state index contributed by atoms with van der Waals surface area (Å²) in [6.07, 6.45) is -2.77. The Bertz CT molecular complexity index is 2700. The highest BCUT2D eigenvalue weighted by atomic mass is 16.6. The predicted molar refractivity (Wildman–Crippen MR) is 241 cm³/mol. The summed E-state index contributed by atoms with van der Waals surface area (Å²) in [5.74, 6) is -7.51. The molecule has 0 aromatic heterocycles. The molecule has 5 aromatic rings. The highest BCUT2D eigenvalue weighted by Gasteiger charge is 2.36. The number of carboxylic acid groups (broad SMARTS) is 2. The van der Waals surface area contributed by atoms with Crippen LogP contribution in [-0.2, 0) is 14.3 Å². The van der Waals surface area contributed by atoms with Crippen molar-refractivity contribution in [3.05, 3.63) is 141 Å². The van der Waals surface area contributed by atoms with E-state index >= 15 is 0 Å². The van der Waals surface area contributed by atoms with Gasteiger partial charge in [-0.3, -0.25) is 34.1 Å². The van der Waals surface area contributed by atoms with Crippen molar-refractivity contribution in [1.29, 1.82) is 0 Å². The molecule has 348 valence electrons. The van der Waals surface area contributed by atoms with Crippen molar-refractivity contribution in [3.63, 3.8) is 0 Å². The summed E-state index contributed by atoms with van der Waals surface area (Å²) < 4.78 is 16.5. The first-order chi connectivity index (χ1) is 31.8. The number of aliphatic carboxylic acids is 1. The van der Waals surface area contributed by atoms with Crippen molar-refractivity contribution < 1.29 is 68.0 Å². The van der Waals surface area contributed by atoms with Gasteiger partial charge in [0.05, 0.1) is 39.6 Å². The van der Waals surface area contributed by atoms with Crippen LogP contribution in [-0.4, -0.2) is 93.2 Å². The van der Waals surface area contributed by atoms with E-state index in [1.165, 1.54) is 103 Å². The minimum absolute atomic E-state index is 0.0146. The number of carboxylic acids is 2. The number of anilines is 4. The first-order valence-electron chi connectivity index (χ1n) is 20.1. The number of aromatic carboxylic acids is 1. The molecule has 21 heteroatoms. The van der Waals surface area contributed by atoms with Gasteiger partial charge in [-0.05, 0) is 119 Å². The molecule has 0 aliphatic heterocycles. The molecule has 5 aromatic carbocycles. The molecule has 8 N–H and O–H groups in total. The average molecular weight is 921 g/mol. The number of aromatic hydroxyl groups is 1. The van der Waals surface area contributed by atoms with Gasteiger partial charge in [-0.1, -0.05) is 0 Å². The number of nitrogens with zero attached hydrogens (tertiary/aromatic N) is 1. The van der Waals surface area contributed by atoms with Gasteiger partial charge < -0.3 is 56.1 Å². The number of hydrogen-bond acceptors (Lipinski definition) is 13. The number of rotatable bonds is 19. The van der Waals surface area contributed by atoms with E-state index in [2.05, 4.69) is 26.6 Å². The fourth-order valence-corrected chi connectivity index (χ4v) is 6.15. The van der Waals surface area contributed by atoms with Crippen LogP contribution in [0.2, 0.25) is 0 Å². The Morgan fingerprint density at radius 3 is 1.61 bits per heavy atom. The van der Waals surface area contributed by atoms with Crippen LogP contribution >= 0.6 is 0 Å². The Morgan fingerprint density at radius 1 is 0.597 bits per heavy atom. The second-order valence-electron chi connectivity index (χ2n) is 14.9. The average Bonchev–Trinajstić information content (AvgIpc) is 3.28. The lowest BCUT2D eigenvalue weighted by molar-refractivity contribution is -0.384. The third-order valence-electron chi connectivity index (χ3n) is 9.35. The van der Waals surface area contributed by atoms with E-state index in [4.69, 9.17) is 14.2 Å². The van der Waals surface area contributed by atoms with Crippen LogP contribution in [0.5, 0.6) is 17.2 Å². The number of carbonyl (C=O) groups is 7. The van der Waals surface area contributed by atoms with Crippen LogP contribution in [0.25, 0.3) is 0 Å². The second kappa shape index (κ2) is 21.7. The number of non-ortho nitro benzene ring substituents is 1. The fourth-order valence-electron chi connectivity index (χ4n) is 6.15. The number of nitro benzene ring substituents is 1. The van der Waals surface area contributed by atoms with Crippen molar-refractivity contribution in [2.75, 3.05) is 28.4 Å². The summed E-state index contributed by atoms with van der Waals surface area (Å²) in [5, 5.41) is 54.1. The number of carbonyl (C=O) groups excluding carboxylic acids is 5. The SMILES string of the molecule is COC(C(=O)O)C(NC(=O)c1ccc(NC(=O)c2ccc([N+](=O)[O-])cc2)cc1)C(=O)Nc1ccc(C(=O)Nc2ccc(C(=O)Nc3ccc(C(=O)O)cc3OC(C)C)c(O)c2OC(C)C)cc1. The molecule has 2 unspecified atom stereocenters. The maximum atomic E-state index is 13.5. The molecule has 0 aliphatic carbocycles. The minimum Gasteiger partial charge on any atom is -0.504 e. The molecule has 2 atom stereocenters. The summed E-state index contributed by atoms with van der Waals surface area (Å²) in [7, 11) is 1.03. The molecule has 0 saturated carbocycles. The van der Waals surface area contributed by atoms with Gasteiger partial charge in [-0.2, -0.15) is 0 Å². The number of methoxy groups -OCH3 is 1. The molecular formula is C46H44N6O15. The fraction of sp³-hybridized carbons (Fsp3) is 0.196. The molecule has 0 bridgehead atoms. The van der Waals surface area contributed by atoms with Gasteiger partial charge >= 0.3 is 11.9 Å². The van der Waals surface area contributed by atoms with Crippen LogP contribution < -0.4 is 36.1 Å². The first-order valence-corrected chi connectivity index (χ1v) is 20.1. The van der Waals surface area contributed by atoms with E-state index in [0.717, 1.165) is 7.11 Å². The molecule has 5 rings (SSSR count). The van der Waals surface area contributed by atoms with Crippen molar-refractivity contribution in [2.45, 2.75) is 52.0 Å². The predicted octanol–water partition coefficient (Wildman–Crippen LogP) is 6.17. The lowest BCUT2D eigenvalue weighted by atomic mass is 10.1. The van der Waals surface area contributed by atoms with Crippen LogP contribution in [0, 0.1) is 10.1 Å². The topological polar surface area (TPSA) is 311 Å². The Balaban J connectivity index is 1.27. The monoisotopic (exact) mass is 920 g/mol. The zero-order valence-corrected chi connectivity index (χ0v) is 36.3. The van der Waals surface area contributed by atoms with Crippen LogP contribution in [0.4, 0.5) is 28.4 Å². The molecular weight excluding hydrogens is 877 g/mol. The Kier molecular flexibility index (Phi) is 15.9. The van der Waals surface area contributed by atoms with E-state index in [0.29, 0.717) is 0 Å². The standard InChI is InChI=1S/C46H44N6O15/c1-23(2)66-35-22-28(45(59)60)12-20-33(35)49-43(57)32-19-21-34(38(37(32)53)67-24(3)4)50-41(55)25-6-15-30(16-7-25)48-44(58)36(39(65-5)46(61)62)51-42(56)26-8-13-29(14-9-26)47-40(54)27-10-17-31(18-11-27)52(63)64/h6-24,36,39,53H,1-5H3,(H,47,54)(H,48,58)(H,49,57)(H,50,55)(H,51,56)(H,59,60)(H,61,62). The molecule has 0 aliphatic rings. The van der Waals surface area contributed by atoms with E-state index in [9.17, 15) is 59.0 Å². The number of amides is 5. The van der Waals surface area contributed by atoms with Crippen LogP contribution in [0.3, 0.4) is 0 Å². The second-order valence-corrected chi connectivity index (χ2v) is 14.9. The van der Waals surface area contributed by atoms with E-state index in [1.54, 1.807) is 27.7 Å². The van der Waals surface area contributed by atoms with Crippen molar-refractivity contribution in [2.24, 2.45) is 0 Å². The third kappa shape index (κ3) is 12.7. The molecule has 0 fully saturated rings. The number of phenolic OH excluding ortho intramolecular Hbond substituents is 1. The summed E-state index contributed by atoms with van der Waals surface area (Å²) in [6.45, 7) is 6.74. The quantitative estimate of drug-likeness (QED) is 0.0339. The van der Waals surface area contributed by atoms with Crippen LogP contribution in [0.15, 0.2) is 103 Å². The van der Waals surface area contributed by atoms with Crippen LogP contribution in [0.1, 0.15) is 79.5 Å². The molecule has 67 heavy (non-hydrogen) atoms.